The highest BCUT2D eigenvalue weighted by atomic mass is 32.2. The fourth-order valence-electron chi connectivity index (χ4n) is 2.47. The van der Waals surface area contributed by atoms with Gasteiger partial charge in [-0.15, -0.1) is 0 Å². The van der Waals surface area contributed by atoms with E-state index in [0.717, 1.165) is 13.0 Å². The van der Waals surface area contributed by atoms with Crippen LogP contribution >= 0.6 is 0 Å². The lowest BCUT2D eigenvalue weighted by Gasteiger charge is -2.33. The van der Waals surface area contributed by atoms with Gasteiger partial charge in [0.05, 0.1) is 5.75 Å². The maximum Gasteiger partial charge on any atom is 0.150 e. The summed E-state index contributed by atoms with van der Waals surface area (Å²) in [6.45, 7) is 4.64. The number of rotatable bonds is 8. The van der Waals surface area contributed by atoms with Crippen molar-refractivity contribution in [2.24, 2.45) is 0 Å². The van der Waals surface area contributed by atoms with Crippen LogP contribution in [0, 0.1) is 0 Å². The summed E-state index contributed by atoms with van der Waals surface area (Å²) in [5.74, 6) is 0.481. The van der Waals surface area contributed by atoms with Gasteiger partial charge in [-0.2, -0.15) is 0 Å². The maximum atomic E-state index is 11.8. The molecular formula is C15H25NO2S. The largest absolute Gasteiger partial charge is 0.319 e. The van der Waals surface area contributed by atoms with Crippen LogP contribution < -0.4 is 5.32 Å². The van der Waals surface area contributed by atoms with Crippen molar-refractivity contribution >= 4 is 9.84 Å². The third-order valence-corrected chi connectivity index (χ3v) is 5.62. The molecule has 1 unspecified atom stereocenters. The first-order valence-electron chi connectivity index (χ1n) is 6.90. The van der Waals surface area contributed by atoms with E-state index in [4.69, 9.17) is 0 Å². The van der Waals surface area contributed by atoms with Crippen molar-refractivity contribution in [3.63, 3.8) is 0 Å². The van der Waals surface area contributed by atoms with Crippen molar-refractivity contribution in [2.75, 3.05) is 25.1 Å². The molecule has 0 aromatic heterocycles. The van der Waals surface area contributed by atoms with Gasteiger partial charge < -0.3 is 5.32 Å². The highest BCUT2D eigenvalue weighted by Crippen LogP contribution is 2.31. The minimum atomic E-state index is -2.92. The first kappa shape index (κ1) is 16.2. The van der Waals surface area contributed by atoms with Gasteiger partial charge in [-0.3, -0.25) is 0 Å². The molecule has 0 heterocycles. The number of hydrogen-bond acceptors (Lipinski definition) is 3. The van der Waals surface area contributed by atoms with Crippen LogP contribution in [0.5, 0.6) is 0 Å². The van der Waals surface area contributed by atoms with E-state index in [1.165, 1.54) is 5.56 Å². The van der Waals surface area contributed by atoms with Crippen molar-refractivity contribution in [1.29, 1.82) is 0 Å². The predicted octanol–water partition coefficient (Wildman–Crippen LogP) is 2.38. The van der Waals surface area contributed by atoms with Crippen molar-refractivity contribution < 1.29 is 8.42 Å². The van der Waals surface area contributed by atoms with Crippen molar-refractivity contribution in [1.82, 2.24) is 5.32 Å². The quantitative estimate of drug-likeness (QED) is 0.797. The number of sulfone groups is 1. The van der Waals surface area contributed by atoms with Gasteiger partial charge in [0.2, 0.25) is 0 Å². The Labute approximate surface area is 117 Å². The van der Waals surface area contributed by atoms with Gasteiger partial charge in [0.1, 0.15) is 9.84 Å². The lowest BCUT2D eigenvalue weighted by molar-refractivity contribution is 0.380. The lowest BCUT2D eigenvalue weighted by Crippen LogP contribution is -2.38. The molecule has 19 heavy (non-hydrogen) atoms. The van der Waals surface area contributed by atoms with E-state index in [1.807, 2.05) is 25.2 Å². The Balaban J connectivity index is 3.00. The standard InChI is InChI=1S/C15H25NO2S/c1-4-15(13-16-3,11-12-19(17,18)5-2)14-9-7-6-8-10-14/h6-10,16H,4-5,11-13H2,1-3H3. The van der Waals surface area contributed by atoms with Crippen LogP contribution in [-0.4, -0.2) is 33.5 Å². The Morgan fingerprint density at radius 1 is 1.16 bits per heavy atom. The molecule has 0 amide bonds. The molecule has 3 nitrogen and oxygen atoms in total. The molecule has 0 aliphatic heterocycles. The molecule has 4 heteroatoms. The van der Waals surface area contributed by atoms with Crippen LogP contribution in [0.15, 0.2) is 30.3 Å². The summed E-state index contributed by atoms with van der Waals surface area (Å²) in [6.07, 6.45) is 1.60. The van der Waals surface area contributed by atoms with Gasteiger partial charge in [-0.25, -0.2) is 8.42 Å². The Morgan fingerprint density at radius 3 is 2.26 bits per heavy atom. The molecule has 108 valence electrons. The second-order valence-corrected chi connectivity index (χ2v) is 7.49. The summed E-state index contributed by atoms with van der Waals surface area (Å²) >= 11 is 0. The van der Waals surface area contributed by atoms with Crippen LogP contribution in [0.25, 0.3) is 0 Å². The van der Waals surface area contributed by atoms with Crippen molar-refractivity contribution in [3.8, 4) is 0 Å². The smallest absolute Gasteiger partial charge is 0.150 e. The van der Waals surface area contributed by atoms with E-state index in [1.54, 1.807) is 6.92 Å². The molecule has 1 atom stereocenters. The molecule has 1 aromatic carbocycles. The normalized spacial score (nSPS) is 15.1. The Hall–Kier alpha value is -0.870. The molecule has 0 spiro atoms. The third kappa shape index (κ3) is 4.32. The Morgan fingerprint density at radius 2 is 1.79 bits per heavy atom. The topological polar surface area (TPSA) is 46.2 Å². The molecular weight excluding hydrogens is 258 g/mol. The van der Waals surface area contributed by atoms with E-state index in [0.29, 0.717) is 6.42 Å². The predicted molar refractivity (Wildman–Crippen MR) is 81.3 cm³/mol. The zero-order chi connectivity index (χ0) is 14.4. The third-order valence-electron chi connectivity index (χ3n) is 3.91. The minimum absolute atomic E-state index is 0.0990. The average molecular weight is 283 g/mol. The number of benzene rings is 1. The zero-order valence-electron chi connectivity index (χ0n) is 12.1. The second-order valence-electron chi connectivity index (χ2n) is 5.02. The van der Waals surface area contributed by atoms with Crippen LogP contribution in [0.4, 0.5) is 0 Å². The van der Waals surface area contributed by atoms with Gasteiger partial charge in [-0.05, 0) is 25.5 Å². The van der Waals surface area contributed by atoms with Gasteiger partial charge in [0.15, 0.2) is 0 Å². The fraction of sp³-hybridized carbons (Fsp3) is 0.600. The highest BCUT2D eigenvalue weighted by Gasteiger charge is 2.30. The molecule has 0 saturated carbocycles. The Kier molecular flexibility index (Phi) is 6.01. The van der Waals surface area contributed by atoms with E-state index in [2.05, 4.69) is 24.4 Å². The van der Waals surface area contributed by atoms with Gasteiger partial charge >= 0.3 is 0 Å². The summed E-state index contributed by atoms with van der Waals surface area (Å²) in [5, 5.41) is 3.22. The van der Waals surface area contributed by atoms with Crippen molar-refractivity contribution in [2.45, 2.75) is 32.1 Å². The summed E-state index contributed by atoms with van der Waals surface area (Å²) < 4.78 is 23.6. The summed E-state index contributed by atoms with van der Waals surface area (Å²) in [7, 11) is -0.999. The molecule has 0 aliphatic carbocycles. The number of likely N-dealkylation sites (N-methyl/N-ethyl adjacent to an activating group) is 1. The van der Waals surface area contributed by atoms with Gasteiger partial charge in [0.25, 0.3) is 0 Å². The molecule has 0 saturated heterocycles. The van der Waals surface area contributed by atoms with Crippen molar-refractivity contribution in [3.05, 3.63) is 35.9 Å². The molecule has 0 bridgehead atoms. The molecule has 1 N–H and O–H groups in total. The summed E-state index contributed by atoms with van der Waals surface area (Å²) in [6, 6.07) is 10.2. The lowest BCUT2D eigenvalue weighted by atomic mass is 9.76. The maximum absolute atomic E-state index is 11.8. The molecule has 1 rings (SSSR count). The first-order chi connectivity index (χ1) is 8.99. The zero-order valence-corrected chi connectivity index (χ0v) is 13.0. The van der Waals surface area contributed by atoms with Gasteiger partial charge in [0, 0.05) is 17.7 Å². The number of nitrogens with one attached hydrogen (secondary N) is 1. The molecule has 0 fully saturated rings. The second kappa shape index (κ2) is 7.06. The molecule has 0 radical (unpaired) electrons. The summed E-state index contributed by atoms with van der Waals surface area (Å²) in [4.78, 5) is 0. The molecule has 0 aliphatic rings. The van der Waals surface area contributed by atoms with Crippen LogP contribution in [-0.2, 0) is 15.3 Å². The van der Waals surface area contributed by atoms with Crippen LogP contribution in [0.2, 0.25) is 0 Å². The molecule has 1 aromatic rings. The average Bonchev–Trinajstić information content (AvgIpc) is 2.44. The van der Waals surface area contributed by atoms with Gasteiger partial charge in [-0.1, -0.05) is 44.2 Å². The fourth-order valence-corrected chi connectivity index (χ4v) is 3.46. The van der Waals surface area contributed by atoms with E-state index in [9.17, 15) is 8.42 Å². The SMILES string of the molecule is CCC(CCS(=O)(=O)CC)(CNC)c1ccccc1. The first-order valence-corrected chi connectivity index (χ1v) is 8.72. The van der Waals surface area contributed by atoms with E-state index in [-0.39, 0.29) is 16.9 Å². The highest BCUT2D eigenvalue weighted by molar-refractivity contribution is 7.91. The Bertz CT molecular complexity index is 470. The monoisotopic (exact) mass is 283 g/mol. The minimum Gasteiger partial charge on any atom is -0.319 e. The van der Waals surface area contributed by atoms with Crippen LogP contribution in [0.1, 0.15) is 32.3 Å². The summed E-state index contributed by atoms with van der Waals surface area (Å²) in [5.41, 5.74) is 1.12. The number of hydrogen-bond donors (Lipinski definition) is 1. The van der Waals surface area contributed by atoms with E-state index < -0.39 is 9.84 Å². The van der Waals surface area contributed by atoms with E-state index >= 15 is 0 Å². The van der Waals surface area contributed by atoms with Crippen LogP contribution in [0.3, 0.4) is 0 Å².